The monoisotopic (exact) mass is 152 g/mol. The van der Waals surface area contributed by atoms with Gasteiger partial charge < -0.3 is 10.3 Å². The summed E-state index contributed by atoms with van der Waals surface area (Å²) < 4.78 is 1.93. The van der Waals surface area contributed by atoms with Crippen LogP contribution in [0.2, 0.25) is 0 Å². The Morgan fingerprint density at radius 1 is 1.45 bits per heavy atom. The summed E-state index contributed by atoms with van der Waals surface area (Å²) in [5.41, 5.74) is 5.89. The first-order valence-electron chi connectivity index (χ1n) is 3.94. The molecule has 0 aliphatic heterocycles. The minimum absolute atomic E-state index is 0.297. The molecule has 4 heteroatoms. The van der Waals surface area contributed by atoms with Gasteiger partial charge in [-0.1, -0.05) is 0 Å². The Balaban J connectivity index is 1.89. The number of hydrogen-bond donors (Lipinski definition) is 1. The van der Waals surface area contributed by atoms with Crippen LogP contribution in [-0.2, 0) is 6.54 Å². The summed E-state index contributed by atoms with van der Waals surface area (Å²) >= 11 is 0. The molecule has 0 radical (unpaired) electrons. The van der Waals surface area contributed by atoms with Gasteiger partial charge in [0.1, 0.15) is 12.7 Å². The highest BCUT2D eigenvalue weighted by molar-refractivity contribution is 4.84. The van der Waals surface area contributed by atoms with Crippen molar-refractivity contribution in [2.75, 3.05) is 0 Å². The summed E-state index contributed by atoms with van der Waals surface area (Å²) in [5.74, 6) is 0.748. The van der Waals surface area contributed by atoms with E-state index in [0.717, 1.165) is 12.5 Å². The summed E-state index contributed by atoms with van der Waals surface area (Å²) in [7, 11) is 0. The van der Waals surface area contributed by atoms with E-state index in [-0.39, 0.29) is 0 Å². The van der Waals surface area contributed by atoms with E-state index in [1.54, 1.807) is 12.7 Å². The standard InChI is InChI=1S/C7H12N4/c8-7(6-1-2-6)3-11-4-9-10-5-11/h4-7H,1-3,8H2. The Bertz CT molecular complexity index is 214. The summed E-state index contributed by atoms with van der Waals surface area (Å²) in [6.45, 7) is 0.859. The number of aromatic nitrogens is 3. The molecule has 0 aromatic carbocycles. The average molecular weight is 152 g/mol. The Hall–Kier alpha value is -0.900. The third-order valence-electron chi connectivity index (χ3n) is 2.12. The fourth-order valence-electron chi connectivity index (χ4n) is 1.23. The predicted molar refractivity (Wildman–Crippen MR) is 40.7 cm³/mol. The van der Waals surface area contributed by atoms with Crippen LogP contribution in [0.25, 0.3) is 0 Å². The van der Waals surface area contributed by atoms with E-state index in [0.29, 0.717) is 6.04 Å². The van der Waals surface area contributed by atoms with Gasteiger partial charge in [-0.3, -0.25) is 0 Å². The van der Waals surface area contributed by atoms with Crippen molar-refractivity contribution < 1.29 is 0 Å². The minimum atomic E-state index is 0.297. The van der Waals surface area contributed by atoms with Crippen LogP contribution >= 0.6 is 0 Å². The van der Waals surface area contributed by atoms with E-state index < -0.39 is 0 Å². The van der Waals surface area contributed by atoms with E-state index in [4.69, 9.17) is 5.73 Å². The molecule has 1 aromatic rings. The molecule has 4 nitrogen and oxygen atoms in total. The lowest BCUT2D eigenvalue weighted by atomic mass is 10.2. The normalized spacial score (nSPS) is 20.1. The summed E-state index contributed by atoms with van der Waals surface area (Å²) in [4.78, 5) is 0. The largest absolute Gasteiger partial charge is 0.326 e. The van der Waals surface area contributed by atoms with Crippen LogP contribution in [0, 0.1) is 5.92 Å². The summed E-state index contributed by atoms with van der Waals surface area (Å²) in [6, 6.07) is 0.297. The number of nitrogens with zero attached hydrogens (tertiary/aromatic N) is 3. The molecule has 1 aliphatic rings. The van der Waals surface area contributed by atoms with Crippen LogP contribution < -0.4 is 5.73 Å². The molecule has 1 aliphatic carbocycles. The van der Waals surface area contributed by atoms with Crippen molar-refractivity contribution in [3.8, 4) is 0 Å². The van der Waals surface area contributed by atoms with E-state index in [2.05, 4.69) is 10.2 Å². The van der Waals surface area contributed by atoms with Crippen molar-refractivity contribution in [3.63, 3.8) is 0 Å². The first-order chi connectivity index (χ1) is 5.36. The highest BCUT2D eigenvalue weighted by atomic mass is 15.2. The molecule has 0 amide bonds. The maximum Gasteiger partial charge on any atom is 0.119 e. The van der Waals surface area contributed by atoms with E-state index in [9.17, 15) is 0 Å². The van der Waals surface area contributed by atoms with Gasteiger partial charge >= 0.3 is 0 Å². The quantitative estimate of drug-likeness (QED) is 0.664. The SMILES string of the molecule is NC(Cn1cnnc1)C1CC1. The van der Waals surface area contributed by atoms with Gasteiger partial charge in [-0.2, -0.15) is 0 Å². The molecular formula is C7H12N4. The Kier molecular flexibility index (Phi) is 1.62. The van der Waals surface area contributed by atoms with Crippen LogP contribution in [-0.4, -0.2) is 20.8 Å². The fraction of sp³-hybridized carbons (Fsp3) is 0.714. The third kappa shape index (κ3) is 1.57. The molecule has 60 valence electrons. The van der Waals surface area contributed by atoms with Crippen LogP contribution in [0.4, 0.5) is 0 Å². The molecule has 2 N–H and O–H groups in total. The van der Waals surface area contributed by atoms with Gasteiger partial charge in [0, 0.05) is 12.6 Å². The topological polar surface area (TPSA) is 56.7 Å². The molecule has 1 saturated carbocycles. The molecule has 0 spiro atoms. The second-order valence-corrected chi connectivity index (χ2v) is 3.16. The second-order valence-electron chi connectivity index (χ2n) is 3.16. The lowest BCUT2D eigenvalue weighted by molar-refractivity contribution is 0.501. The predicted octanol–water partition coefficient (Wildman–Crippen LogP) is 0.0154. The first-order valence-corrected chi connectivity index (χ1v) is 3.94. The van der Waals surface area contributed by atoms with Gasteiger partial charge in [0.05, 0.1) is 0 Å². The molecule has 1 atom stereocenters. The second kappa shape index (κ2) is 2.62. The zero-order valence-corrected chi connectivity index (χ0v) is 6.35. The lowest BCUT2D eigenvalue weighted by Crippen LogP contribution is -2.27. The highest BCUT2D eigenvalue weighted by Crippen LogP contribution is 2.31. The van der Waals surface area contributed by atoms with Crippen molar-refractivity contribution in [2.24, 2.45) is 11.7 Å². The van der Waals surface area contributed by atoms with Gasteiger partial charge in [0.15, 0.2) is 0 Å². The number of rotatable bonds is 3. The minimum Gasteiger partial charge on any atom is -0.326 e. The van der Waals surface area contributed by atoms with Gasteiger partial charge in [-0.05, 0) is 18.8 Å². The van der Waals surface area contributed by atoms with Gasteiger partial charge in [0.25, 0.3) is 0 Å². The Labute approximate surface area is 65.4 Å². The smallest absolute Gasteiger partial charge is 0.119 e. The molecule has 1 unspecified atom stereocenters. The molecule has 0 saturated heterocycles. The van der Waals surface area contributed by atoms with Crippen LogP contribution in [0.15, 0.2) is 12.7 Å². The van der Waals surface area contributed by atoms with Crippen molar-refractivity contribution in [1.29, 1.82) is 0 Å². The van der Waals surface area contributed by atoms with Gasteiger partial charge in [0.2, 0.25) is 0 Å². The maximum absolute atomic E-state index is 5.89. The third-order valence-corrected chi connectivity index (χ3v) is 2.12. The highest BCUT2D eigenvalue weighted by Gasteiger charge is 2.28. The molecule has 11 heavy (non-hydrogen) atoms. The summed E-state index contributed by atoms with van der Waals surface area (Å²) in [6.07, 6.45) is 6.01. The van der Waals surface area contributed by atoms with Crippen LogP contribution in [0.3, 0.4) is 0 Å². The first kappa shape index (κ1) is 6.79. The van der Waals surface area contributed by atoms with Crippen molar-refractivity contribution in [2.45, 2.75) is 25.4 Å². The molecule has 1 fully saturated rings. The van der Waals surface area contributed by atoms with Crippen molar-refractivity contribution >= 4 is 0 Å². The van der Waals surface area contributed by atoms with Gasteiger partial charge in [-0.15, -0.1) is 10.2 Å². The molecule has 0 bridgehead atoms. The van der Waals surface area contributed by atoms with E-state index in [1.165, 1.54) is 12.8 Å². The van der Waals surface area contributed by atoms with Crippen molar-refractivity contribution in [3.05, 3.63) is 12.7 Å². The summed E-state index contributed by atoms with van der Waals surface area (Å²) in [5, 5.41) is 7.42. The molecule has 1 aromatic heterocycles. The molecule has 1 heterocycles. The van der Waals surface area contributed by atoms with Crippen molar-refractivity contribution in [1.82, 2.24) is 14.8 Å². The van der Waals surface area contributed by atoms with E-state index in [1.807, 2.05) is 4.57 Å². The number of hydrogen-bond acceptors (Lipinski definition) is 3. The fourth-order valence-corrected chi connectivity index (χ4v) is 1.23. The van der Waals surface area contributed by atoms with Crippen LogP contribution in [0.1, 0.15) is 12.8 Å². The molecule has 2 rings (SSSR count). The Morgan fingerprint density at radius 3 is 2.64 bits per heavy atom. The lowest BCUT2D eigenvalue weighted by Gasteiger charge is -2.08. The Morgan fingerprint density at radius 2 is 2.09 bits per heavy atom. The maximum atomic E-state index is 5.89. The zero-order chi connectivity index (χ0) is 7.68. The number of nitrogens with two attached hydrogens (primary N) is 1. The average Bonchev–Trinajstić information content (AvgIpc) is 2.73. The zero-order valence-electron chi connectivity index (χ0n) is 6.35. The van der Waals surface area contributed by atoms with E-state index >= 15 is 0 Å². The van der Waals surface area contributed by atoms with Crippen LogP contribution in [0.5, 0.6) is 0 Å². The molecular weight excluding hydrogens is 140 g/mol. The van der Waals surface area contributed by atoms with Gasteiger partial charge in [-0.25, -0.2) is 0 Å².